The summed E-state index contributed by atoms with van der Waals surface area (Å²) in [5.74, 6) is -0.722. The molecule has 0 aliphatic carbocycles. The summed E-state index contributed by atoms with van der Waals surface area (Å²) in [4.78, 5) is 36.2. The minimum absolute atomic E-state index is 0.212. The highest BCUT2D eigenvalue weighted by molar-refractivity contribution is 8.18. The molecule has 2 N–H and O–H groups in total. The van der Waals surface area contributed by atoms with Gasteiger partial charge in [-0.2, -0.15) is 0 Å². The van der Waals surface area contributed by atoms with Crippen molar-refractivity contribution >= 4 is 34.9 Å². The fourth-order valence-electron chi connectivity index (χ4n) is 2.37. The molecule has 0 atom stereocenters. The van der Waals surface area contributed by atoms with E-state index in [0.717, 1.165) is 27.8 Å². The minimum atomic E-state index is -0.835. The Balaban J connectivity index is 1.64. The predicted octanol–water partition coefficient (Wildman–Crippen LogP) is 2.81. The molecule has 7 nitrogen and oxygen atoms in total. The van der Waals surface area contributed by atoms with Crippen molar-refractivity contribution in [3.63, 3.8) is 0 Å². The normalized spacial score (nSPS) is 15.3. The van der Waals surface area contributed by atoms with Gasteiger partial charge in [0, 0.05) is 0 Å². The average Bonchev–Trinajstić information content (AvgIpc) is 2.95. The van der Waals surface area contributed by atoms with Crippen molar-refractivity contribution in [2.75, 3.05) is 6.54 Å². The molecule has 0 saturated carbocycles. The van der Waals surface area contributed by atoms with E-state index in [9.17, 15) is 14.4 Å². The van der Waals surface area contributed by atoms with E-state index in [1.165, 1.54) is 5.48 Å². The molecule has 2 aromatic carbocycles. The number of imide groups is 1. The third kappa shape index (κ3) is 4.75. The van der Waals surface area contributed by atoms with Crippen LogP contribution in [-0.2, 0) is 16.2 Å². The van der Waals surface area contributed by atoms with E-state index in [0.29, 0.717) is 12.4 Å². The Morgan fingerprint density at radius 1 is 1.11 bits per heavy atom. The maximum Gasteiger partial charge on any atom is 0.294 e. The Kier molecular flexibility index (Phi) is 5.90. The number of benzene rings is 2. The number of rotatable bonds is 6. The van der Waals surface area contributed by atoms with E-state index in [4.69, 9.17) is 9.94 Å². The Morgan fingerprint density at radius 2 is 1.81 bits per heavy atom. The summed E-state index contributed by atoms with van der Waals surface area (Å²) in [6, 6.07) is 16.9. The minimum Gasteiger partial charge on any atom is -0.489 e. The van der Waals surface area contributed by atoms with Crippen LogP contribution in [0.15, 0.2) is 59.5 Å². The van der Waals surface area contributed by atoms with E-state index >= 15 is 0 Å². The molecule has 1 aliphatic rings. The zero-order chi connectivity index (χ0) is 19.2. The van der Waals surface area contributed by atoms with Crippen LogP contribution in [0, 0.1) is 0 Å². The summed E-state index contributed by atoms with van der Waals surface area (Å²) in [5, 5.41) is 7.97. The number of ether oxygens (including phenoxy) is 1. The quantitative estimate of drug-likeness (QED) is 0.452. The Labute approximate surface area is 159 Å². The first-order valence-corrected chi connectivity index (χ1v) is 8.83. The van der Waals surface area contributed by atoms with Crippen molar-refractivity contribution in [3.8, 4) is 5.75 Å². The second kappa shape index (κ2) is 8.52. The summed E-state index contributed by atoms with van der Waals surface area (Å²) in [6.45, 7) is -0.0727. The Hall–Kier alpha value is -3.10. The van der Waals surface area contributed by atoms with Crippen LogP contribution in [0.5, 0.6) is 5.75 Å². The monoisotopic (exact) mass is 384 g/mol. The van der Waals surface area contributed by atoms with Gasteiger partial charge in [-0.25, -0.2) is 5.48 Å². The van der Waals surface area contributed by atoms with Crippen molar-refractivity contribution in [3.05, 3.63) is 70.6 Å². The molecule has 0 spiro atoms. The fourth-order valence-corrected chi connectivity index (χ4v) is 3.21. The number of hydrogen-bond acceptors (Lipinski definition) is 6. The molecule has 138 valence electrons. The first-order valence-electron chi connectivity index (χ1n) is 8.02. The van der Waals surface area contributed by atoms with Gasteiger partial charge in [-0.1, -0.05) is 42.5 Å². The molecule has 27 heavy (non-hydrogen) atoms. The van der Waals surface area contributed by atoms with Gasteiger partial charge in [0.1, 0.15) is 18.9 Å². The summed E-state index contributed by atoms with van der Waals surface area (Å²) < 4.78 is 5.71. The number of amides is 3. The number of nitrogens with zero attached hydrogens (tertiary/aromatic N) is 1. The standard InChI is InChI=1S/C19H16N2O5S/c22-17(20-25)11-21-18(23)16(27-19(21)24)10-13-6-8-15(9-7-13)26-12-14-4-2-1-3-5-14/h1-10,25H,11-12H2,(H,20,22)/b16-10-. The van der Waals surface area contributed by atoms with E-state index in [-0.39, 0.29) is 4.91 Å². The molecule has 8 heteroatoms. The van der Waals surface area contributed by atoms with Crippen LogP contribution in [0.4, 0.5) is 4.79 Å². The molecule has 0 radical (unpaired) electrons. The average molecular weight is 384 g/mol. The SMILES string of the molecule is O=C(CN1C(=O)S/C(=C\c2ccc(OCc3ccccc3)cc2)C1=O)NO. The van der Waals surface area contributed by atoms with Crippen molar-refractivity contribution in [1.29, 1.82) is 0 Å². The van der Waals surface area contributed by atoms with Crippen LogP contribution in [-0.4, -0.2) is 33.7 Å². The van der Waals surface area contributed by atoms with Gasteiger partial charge in [-0.05, 0) is 41.1 Å². The smallest absolute Gasteiger partial charge is 0.294 e. The summed E-state index contributed by atoms with van der Waals surface area (Å²) in [5.41, 5.74) is 3.18. The number of hydroxylamine groups is 1. The zero-order valence-corrected chi connectivity index (χ0v) is 14.9. The Bertz CT molecular complexity index is 881. The highest BCUT2D eigenvalue weighted by atomic mass is 32.2. The number of hydrogen-bond donors (Lipinski definition) is 2. The lowest BCUT2D eigenvalue weighted by Gasteiger charge is -2.09. The van der Waals surface area contributed by atoms with Gasteiger partial charge in [0.25, 0.3) is 17.1 Å². The van der Waals surface area contributed by atoms with Crippen LogP contribution in [0.25, 0.3) is 6.08 Å². The maximum atomic E-state index is 12.2. The van der Waals surface area contributed by atoms with E-state index in [2.05, 4.69) is 0 Å². The third-order valence-electron chi connectivity index (χ3n) is 3.73. The molecule has 1 aliphatic heterocycles. The third-order valence-corrected chi connectivity index (χ3v) is 4.63. The highest BCUT2D eigenvalue weighted by Crippen LogP contribution is 2.32. The second-order valence-electron chi connectivity index (χ2n) is 5.65. The topological polar surface area (TPSA) is 95.9 Å². The highest BCUT2D eigenvalue weighted by Gasteiger charge is 2.36. The first kappa shape index (κ1) is 18.7. The van der Waals surface area contributed by atoms with Gasteiger partial charge in [-0.3, -0.25) is 24.5 Å². The van der Waals surface area contributed by atoms with E-state index < -0.39 is 23.6 Å². The summed E-state index contributed by atoms with van der Waals surface area (Å²) in [7, 11) is 0. The van der Waals surface area contributed by atoms with Crippen LogP contribution in [0.1, 0.15) is 11.1 Å². The first-order chi connectivity index (χ1) is 13.1. The molecule has 0 unspecified atom stereocenters. The lowest BCUT2D eigenvalue weighted by Crippen LogP contribution is -2.38. The van der Waals surface area contributed by atoms with Crippen molar-refractivity contribution in [1.82, 2.24) is 10.4 Å². The molecular weight excluding hydrogens is 368 g/mol. The number of carbonyl (C=O) groups is 3. The van der Waals surface area contributed by atoms with Crippen LogP contribution >= 0.6 is 11.8 Å². The zero-order valence-electron chi connectivity index (χ0n) is 14.1. The van der Waals surface area contributed by atoms with Crippen molar-refractivity contribution < 1.29 is 24.3 Å². The van der Waals surface area contributed by atoms with Crippen LogP contribution in [0.2, 0.25) is 0 Å². The van der Waals surface area contributed by atoms with Gasteiger partial charge >= 0.3 is 0 Å². The van der Waals surface area contributed by atoms with Gasteiger partial charge in [0.2, 0.25) is 0 Å². The summed E-state index contributed by atoms with van der Waals surface area (Å²) >= 11 is 0.746. The predicted molar refractivity (Wildman–Crippen MR) is 99.8 cm³/mol. The summed E-state index contributed by atoms with van der Waals surface area (Å²) in [6.07, 6.45) is 1.57. The molecule has 1 saturated heterocycles. The van der Waals surface area contributed by atoms with Crippen molar-refractivity contribution in [2.45, 2.75) is 6.61 Å². The molecule has 3 rings (SSSR count). The number of carbonyl (C=O) groups excluding carboxylic acids is 3. The largest absolute Gasteiger partial charge is 0.489 e. The molecule has 2 aromatic rings. The molecule has 0 aromatic heterocycles. The van der Waals surface area contributed by atoms with E-state index in [1.54, 1.807) is 30.3 Å². The number of thioether (sulfide) groups is 1. The molecular formula is C19H16N2O5S. The lowest BCUT2D eigenvalue weighted by molar-refractivity contribution is -0.134. The molecule has 1 fully saturated rings. The fraction of sp³-hybridized carbons (Fsp3) is 0.105. The van der Waals surface area contributed by atoms with Crippen molar-refractivity contribution in [2.24, 2.45) is 0 Å². The molecule has 3 amide bonds. The van der Waals surface area contributed by atoms with Gasteiger partial charge in [0.15, 0.2) is 0 Å². The maximum absolute atomic E-state index is 12.2. The van der Waals surface area contributed by atoms with Gasteiger partial charge < -0.3 is 4.74 Å². The molecule has 1 heterocycles. The molecule has 0 bridgehead atoms. The van der Waals surface area contributed by atoms with Crippen LogP contribution in [0.3, 0.4) is 0 Å². The van der Waals surface area contributed by atoms with Gasteiger partial charge in [-0.15, -0.1) is 0 Å². The second-order valence-corrected chi connectivity index (χ2v) is 6.64. The lowest BCUT2D eigenvalue weighted by atomic mass is 10.2. The van der Waals surface area contributed by atoms with Crippen LogP contribution < -0.4 is 10.2 Å². The van der Waals surface area contributed by atoms with E-state index in [1.807, 2.05) is 30.3 Å². The Morgan fingerprint density at radius 3 is 2.48 bits per heavy atom. The van der Waals surface area contributed by atoms with Gasteiger partial charge in [0.05, 0.1) is 4.91 Å². The number of nitrogens with one attached hydrogen (secondary N) is 1.